The molecule has 0 atom stereocenters. The molecule has 1 aromatic carbocycles. The van der Waals surface area contributed by atoms with E-state index in [4.69, 9.17) is 10.3 Å². The third-order valence-electron chi connectivity index (χ3n) is 3.56. The number of anilines is 1. The number of thiophene rings is 1. The molecule has 0 saturated heterocycles. The summed E-state index contributed by atoms with van der Waals surface area (Å²) in [6.45, 7) is 4.40. The first-order valence-electron chi connectivity index (χ1n) is 7.19. The van der Waals surface area contributed by atoms with Crippen LogP contribution in [0.2, 0.25) is 0 Å². The topological polar surface area (TPSA) is 81.2 Å². The van der Waals surface area contributed by atoms with Gasteiger partial charge in [-0.2, -0.15) is 0 Å². The van der Waals surface area contributed by atoms with Gasteiger partial charge in [-0.25, -0.2) is 0 Å². The molecule has 0 aliphatic carbocycles. The normalized spacial score (nSPS) is 10.7. The van der Waals surface area contributed by atoms with Gasteiger partial charge in [0.05, 0.1) is 4.88 Å². The fourth-order valence-corrected chi connectivity index (χ4v) is 3.30. The van der Waals surface area contributed by atoms with Crippen molar-refractivity contribution in [3.05, 3.63) is 58.0 Å². The summed E-state index contributed by atoms with van der Waals surface area (Å²) in [5, 5.41) is 8.78. The molecule has 2 aromatic heterocycles. The number of hydrogen-bond donors (Lipinski definition) is 2. The molecule has 6 heteroatoms. The highest BCUT2D eigenvalue weighted by Gasteiger charge is 2.24. The molecule has 1 amide bonds. The van der Waals surface area contributed by atoms with E-state index in [0.29, 0.717) is 17.8 Å². The maximum Gasteiger partial charge on any atom is 0.259 e. The SMILES string of the molecule is Cc1cccc(CNC(=O)c2c(-c3sccc3C)noc2N)c1. The van der Waals surface area contributed by atoms with Crippen molar-refractivity contribution in [3.8, 4) is 10.6 Å². The van der Waals surface area contributed by atoms with Crippen molar-refractivity contribution in [1.82, 2.24) is 10.5 Å². The summed E-state index contributed by atoms with van der Waals surface area (Å²) in [6.07, 6.45) is 0. The number of carbonyl (C=O) groups is 1. The molecule has 5 nitrogen and oxygen atoms in total. The number of hydrogen-bond acceptors (Lipinski definition) is 5. The van der Waals surface area contributed by atoms with Gasteiger partial charge in [0.1, 0.15) is 11.3 Å². The van der Waals surface area contributed by atoms with Gasteiger partial charge in [-0.3, -0.25) is 4.79 Å². The average molecular weight is 327 g/mol. The summed E-state index contributed by atoms with van der Waals surface area (Å²) in [5.41, 5.74) is 9.81. The lowest BCUT2D eigenvalue weighted by Gasteiger charge is -2.06. The molecule has 0 aliphatic rings. The number of nitrogens with one attached hydrogen (secondary N) is 1. The maximum absolute atomic E-state index is 12.5. The van der Waals surface area contributed by atoms with Gasteiger partial charge in [0.2, 0.25) is 5.88 Å². The van der Waals surface area contributed by atoms with Crippen molar-refractivity contribution < 1.29 is 9.32 Å². The molecule has 3 rings (SSSR count). The number of amides is 1. The van der Waals surface area contributed by atoms with Crippen molar-refractivity contribution in [2.75, 3.05) is 5.73 Å². The largest absolute Gasteiger partial charge is 0.367 e. The molecule has 0 saturated carbocycles. The van der Waals surface area contributed by atoms with Crippen molar-refractivity contribution in [1.29, 1.82) is 0 Å². The van der Waals surface area contributed by atoms with Gasteiger partial charge in [0, 0.05) is 6.54 Å². The molecule has 23 heavy (non-hydrogen) atoms. The minimum atomic E-state index is -0.284. The molecular formula is C17H17N3O2S. The van der Waals surface area contributed by atoms with E-state index in [0.717, 1.165) is 21.6 Å². The Kier molecular flexibility index (Phi) is 4.16. The molecule has 0 aliphatic heterocycles. The summed E-state index contributed by atoms with van der Waals surface area (Å²) >= 11 is 1.51. The summed E-state index contributed by atoms with van der Waals surface area (Å²) in [5.74, 6) is -0.248. The van der Waals surface area contributed by atoms with Crippen LogP contribution in [-0.4, -0.2) is 11.1 Å². The third kappa shape index (κ3) is 3.12. The summed E-state index contributed by atoms with van der Waals surface area (Å²) < 4.78 is 5.04. The summed E-state index contributed by atoms with van der Waals surface area (Å²) in [4.78, 5) is 13.4. The van der Waals surface area contributed by atoms with Crippen LogP contribution < -0.4 is 11.1 Å². The molecule has 0 spiro atoms. The maximum atomic E-state index is 12.5. The number of nitrogen functional groups attached to an aromatic ring is 1. The van der Waals surface area contributed by atoms with Crippen LogP contribution in [0.1, 0.15) is 27.0 Å². The zero-order valence-corrected chi connectivity index (χ0v) is 13.7. The second-order valence-electron chi connectivity index (χ2n) is 5.37. The lowest BCUT2D eigenvalue weighted by Crippen LogP contribution is -2.23. The summed E-state index contributed by atoms with van der Waals surface area (Å²) in [6, 6.07) is 9.95. The Bertz CT molecular complexity index is 851. The minimum absolute atomic E-state index is 0.0366. The molecule has 0 radical (unpaired) electrons. The smallest absolute Gasteiger partial charge is 0.259 e. The Morgan fingerprint density at radius 3 is 2.87 bits per heavy atom. The molecule has 118 valence electrons. The van der Waals surface area contributed by atoms with E-state index in [2.05, 4.69) is 10.5 Å². The van der Waals surface area contributed by atoms with E-state index < -0.39 is 0 Å². The molecule has 3 N–H and O–H groups in total. The standard InChI is InChI=1S/C17H17N3O2S/c1-10-4-3-5-12(8-10)9-19-17(21)13-14(20-22-16(13)18)15-11(2)6-7-23-15/h3-8H,9,18H2,1-2H3,(H,19,21). The number of carbonyl (C=O) groups excluding carboxylic acids is 1. The fraction of sp³-hybridized carbons (Fsp3) is 0.176. The van der Waals surface area contributed by atoms with E-state index >= 15 is 0 Å². The first-order valence-corrected chi connectivity index (χ1v) is 8.07. The number of nitrogens with zero attached hydrogens (tertiary/aromatic N) is 1. The van der Waals surface area contributed by atoms with Gasteiger partial charge in [-0.05, 0) is 36.4 Å². The number of rotatable bonds is 4. The van der Waals surface area contributed by atoms with E-state index in [1.807, 2.05) is 49.6 Å². The Morgan fingerprint density at radius 1 is 1.35 bits per heavy atom. The van der Waals surface area contributed by atoms with Crippen molar-refractivity contribution in [2.24, 2.45) is 0 Å². The molecule has 0 bridgehead atoms. The first kappa shape index (κ1) is 15.3. The van der Waals surface area contributed by atoms with Crippen LogP contribution in [0.4, 0.5) is 5.88 Å². The summed E-state index contributed by atoms with van der Waals surface area (Å²) in [7, 11) is 0. The number of benzene rings is 1. The molecular weight excluding hydrogens is 310 g/mol. The number of aryl methyl sites for hydroxylation is 2. The zero-order valence-electron chi connectivity index (χ0n) is 12.9. The molecule has 0 unspecified atom stereocenters. The van der Waals surface area contributed by atoms with Crippen molar-refractivity contribution in [3.63, 3.8) is 0 Å². The minimum Gasteiger partial charge on any atom is -0.367 e. The van der Waals surface area contributed by atoms with Gasteiger partial charge >= 0.3 is 0 Å². The highest BCUT2D eigenvalue weighted by molar-refractivity contribution is 7.13. The monoisotopic (exact) mass is 327 g/mol. The van der Waals surface area contributed by atoms with E-state index in [-0.39, 0.29) is 11.8 Å². The van der Waals surface area contributed by atoms with Gasteiger partial charge in [-0.1, -0.05) is 35.0 Å². The van der Waals surface area contributed by atoms with Crippen LogP contribution in [0, 0.1) is 13.8 Å². The van der Waals surface area contributed by atoms with Crippen LogP contribution in [-0.2, 0) is 6.54 Å². The van der Waals surface area contributed by atoms with E-state index in [9.17, 15) is 4.79 Å². The Labute approximate surface area is 138 Å². The quantitative estimate of drug-likeness (QED) is 0.768. The lowest BCUT2D eigenvalue weighted by molar-refractivity contribution is 0.0952. The average Bonchev–Trinajstić information content (AvgIpc) is 3.10. The lowest BCUT2D eigenvalue weighted by atomic mass is 10.1. The number of nitrogens with two attached hydrogens (primary N) is 1. The van der Waals surface area contributed by atoms with Gasteiger partial charge in [0.15, 0.2) is 0 Å². The molecule has 0 fully saturated rings. The highest BCUT2D eigenvalue weighted by atomic mass is 32.1. The predicted molar refractivity (Wildman–Crippen MR) is 91.3 cm³/mol. The Hall–Kier alpha value is -2.60. The van der Waals surface area contributed by atoms with Crippen molar-refractivity contribution >= 4 is 23.1 Å². The van der Waals surface area contributed by atoms with Crippen LogP contribution in [0.15, 0.2) is 40.2 Å². The number of aromatic nitrogens is 1. The van der Waals surface area contributed by atoms with E-state index in [1.54, 1.807) is 0 Å². The van der Waals surface area contributed by atoms with Gasteiger partial charge in [-0.15, -0.1) is 11.3 Å². The van der Waals surface area contributed by atoms with Gasteiger partial charge < -0.3 is 15.6 Å². The molecule has 3 aromatic rings. The third-order valence-corrected chi connectivity index (χ3v) is 4.58. The predicted octanol–water partition coefficient (Wildman–Crippen LogP) is 3.53. The van der Waals surface area contributed by atoms with Crippen LogP contribution in [0.5, 0.6) is 0 Å². The Balaban J connectivity index is 1.83. The van der Waals surface area contributed by atoms with Crippen molar-refractivity contribution in [2.45, 2.75) is 20.4 Å². The Morgan fingerprint density at radius 2 is 2.17 bits per heavy atom. The van der Waals surface area contributed by atoms with Crippen LogP contribution in [0.25, 0.3) is 10.6 Å². The first-order chi connectivity index (χ1) is 11.1. The fourth-order valence-electron chi connectivity index (χ4n) is 2.39. The highest BCUT2D eigenvalue weighted by Crippen LogP contribution is 2.33. The zero-order chi connectivity index (χ0) is 16.4. The second-order valence-corrected chi connectivity index (χ2v) is 6.29. The van der Waals surface area contributed by atoms with E-state index in [1.165, 1.54) is 11.3 Å². The van der Waals surface area contributed by atoms with Crippen LogP contribution in [0.3, 0.4) is 0 Å². The second kappa shape index (κ2) is 6.26. The van der Waals surface area contributed by atoms with Crippen LogP contribution >= 0.6 is 11.3 Å². The molecule has 2 heterocycles. The van der Waals surface area contributed by atoms with Gasteiger partial charge in [0.25, 0.3) is 5.91 Å².